The largest absolute Gasteiger partial charge is 0.310 e. The quantitative estimate of drug-likeness (QED) is 0.783. The molecule has 1 aliphatic rings. The molecular formula is C15H20ClN. The first-order valence-corrected chi connectivity index (χ1v) is 6.77. The van der Waals surface area contributed by atoms with Crippen molar-refractivity contribution in [2.45, 2.75) is 32.2 Å². The van der Waals surface area contributed by atoms with Crippen LogP contribution in [0, 0.1) is 5.92 Å². The second-order valence-corrected chi connectivity index (χ2v) is 5.27. The number of benzene rings is 1. The van der Waals surface area contributed by atoms with Gasteiger partial charge in [-0.25, -0.2) is 0 Å². The molecule has 0 spiro atoms. The molecule has 2 heteroatoms. The Morgan fingerprint density at radius 3 is 3.00 bits per heavy atom. The zero-order valence-electron chi connectivity index (χ0n) is 10.3. The van der Waals surface area contributed by atoms with Gasteiger partial charge < -0.3 is 5.32 Å². The van der Waals surface area contributed by atoms with Crippen molar-refractivity contribution < 1.29 is 0 Å². The molecule has 0 amide bonds. The van der Waals surface area contributed by atoms with E-state index in [0.29, 0.717) is 6.04 Å². The van der Waals surface area contributed by atoms with E-state index in [-0.39, 0.29) is 0 Å². The van der Waals surface area contributed by atoms with Gasteiger partial charge in [0.15, 0.2) is 0 Å². The molecule has 2 rings (SSSR count). The fraction of sp³-hybridized carbons (Fsp3) is 0.467. The van der Waals surface area contributed by atoms with E-state index in [9.17, 15) is 0 Å². The number of hydrogen-bond donors (Lipinski definition) is 1. The highest BCUT2D eigenvalue weighted by atomic mass is 35.5. The smallest absolute Gasteiger partial charge is 0.0409 e. The van der Waals surface area contributed by atoms with Gasteiger partial charge in [0.05, 0.1) is 0 Å². The third-order valence-corrected chi connectivity index (χ3v) is 3.67. The van der Waals surface area contributed by atoms with Crippen LogP contribution in [-0.4, -0.2) is 6.54 Å². The van der Waals surface area contributed by atoms with Crippen molar-refractivity contribution in [2.75, 3.05) is 6.54 Å². The summed E-state index contributed by atoms with van der Waals surface area (Å²) >= 11 is 6.00. The molecule has 0 saturated heterocycles. The first kappa shape index (κ1) is 12.7. The lowest BCUT2D eigenvalue weighted by Gasteiger charge is -2.21. The van der Waals surface area contributed by atoms with Crippen LogP contribution >= 0.6 is 11.6 Å². The third-order valence-electron chi connectivity index (χ3n) is 3.44. The van der Waals surface area contributed by atoms with Gasteiger partial charge in [0.25, 0.3) is 0 Å². The molecule has 0 radical (unpaired) electrons. The lowest BCUT2D eigenvalue weighted by atomic mass is 9.94. The van der Waals surface area contributed by atoms with Gasteiger partial charge in [0.2, 0.25) is 0 Å². The topological polar surface area (TPSA) is 12.0 Å². The Labute approximate surface area is 109 Å². The highest BCUT2D eigenvalue weighted by Crippen LogP contribution is 2.20. The summed E-state index contributed by atoms with van der Waals surface area (Å²) in [5, 5.41) is 4.42. The summed E-state index contributed by atoms with van der Waals surface area (Å²) < 4.78 is 0. The molecule has 0 bridgehead atoms. The summed E-state index contributed by atoms with van der Waals surface area (Å²) in [4.78, 5) is 0. The molecule has 1 aromatic rings. The zero-order chi connectivity index (χ0) is 12.1. The molecule has 2 atom stereocenters. The monoisotopic (exact) mass is 249 g/mol. The van der Waals surface area contributed by atoms with Crippen LogP contribution in [0.4, 0.5) is 0 Å². The average Bonchev–Trinajstić information content (AvgIpc) is 2.37. The molecule has 0 aliphatic heterocycles. The van der Waals surface area contributed by atoms with Gasteiger partial charge in [-0.3, -0.25) is 0 Å². The SMILES string of the molecule is C[C@@H](NCC1CC=CCC1)c1cccc(Cl)c1. The molecular weight excluding hydrogens is 230 g/mol. The fourth-order valence-corrected chi connectivity index (χ4v) is 2.48. The number of allylic oxidation sites excluding steroid dienone is 2. The number of halogens is 1. The highest BCUT2D eigenvalue weighted by molar-refractivity contribution is 6.30. The second kappa shape index (κ2) is 6.23. The summed E-state index contributed by atoms with van der Waals surface area (Å²) in [6.45, 7) is 3.29. The zero-order valence-corrected chi connectivity index (χ0v) is 11.1. The Bertz CT molecular complexity index is 386. The van der Waals surface area contributed by atoms with E-state index in [1.54, 1.807) is 0 Å². The summed E-state index contributed by atoms with van der Waals surface area (Å²) in [5.41, 5.74) is 1.27. The van der Waals surface area contributed by atoms with E-state index < -0.39 is 0 Å². The third kappa shape index (κ3) is 3.86. The molecule has 0 fully saturated rings. The maximum absolute atomic E-state index is 6.00. The van der Waals surface area contributed by atoms with Crippen LogP contribution in [0.25, 0.3) is 0 Å². The Hall–Kier alpha value is -0.790. The molecule has 0 heterocycles. The van der Waals surface area contributed by atoms with Crippen molar-refractivity contribution in [3.05, 3.63) is 47.0 Å². The molecule has 0 saturated carbocycles. The predicted octanol–water partition coefficient (Wildman–Crippen LogP) is 4.35. The predicted molar refractivity (Wildman–Crippen MR) is 74.4 cm³/mol. The first-order valence-electron chi connectivity index (χ1n) is 6.39. The molecule has 1 aliphatic carbocycles. The highest BCUT2D eigenvalue weighted by Gasteiger charge is 2.12. The van der Waals surface area contributed by atoms with Crippen LogP contribution < -0.4 is 5.32 Å². The van der Waals surface area contributed by atoms with Crippen molar-refractivity contribution in [1.29, 1.82) is 0 Å². The molecule has 17 heavy (non-hydrogen) atoms. The van der Waals surface area contributed by atoms with Crippen LogP contribution in [0.15, 0.2) is 36.4 Å². The van der Waals surface area contributed by atoms with Crippen LogP contribution in [-0.2, 0) is 0 Å². The average molecular weight is 250 g/mol. The standard InChI is InChI=1S/C15H20ClN/c1-12(14-8-5-9-15(16)10-14)17-11-13-6-3-2-4-7-13/h2-3,5,8-10,12-13,17H,4,6-7,11H2,1H3/t12-,13?/m1/s1. The van der Waals surface area contributed by atoms with Gasteiger partial charge in [-0.1, -0.05) is 35.9 Å². The molecule has 92 valence electrons. The van der Waals surface area contributed by atoms with Crippen LogP contribution in [0.1, 0.15) is 37.8 Å². The summed E-state index contributed by atoms with van der Waals surface area (Å²) in [6.07, 6.45) is 8.36. The van der Waals surface area contributed by atoms with Crippen molar-refractivity contribution >= 4 is 11.6 Å². The number of nitrogens with one attached hydrogen (secondary N) is 1. The van der Waals surface area contributed by atoms with E-state index in [0.717, 1.165) is 17.5 Å². The Morgan fingerprint density at radius 2 is 2.29 bits per heavy atom. The number of rotatable bonds is 4. The first-order chi connectivity index (χ1) is 8.25. The van der Waals surface area contributed by atoms with E-state index in [1.165, 1.54) is 24.8 Å². The van der Waals surface area contributed by atoms with Crippen LogP contribution in [0.2, 0.25) is 5.02 Å². The molecule has 1 nitrogen and oxygen atoms in total. The van der Waals surface area contributed by atoms with E-state index in [1.807, 2.05) is 18.2 Å². The Kier molecular flexibility index (Phi) is 4.64. The van der Waals surface area contributed by atoms with Crippen molar-refractivity contribution in [3.8, 4) is 0 Å². The van der Waals surface area contributed by atoms with Gasteiger partial charge in [0.1, 0.15) is 0 Å². The van der Waals surface area contributed by atoms with Crippen molar-refractivity contribution in [1.82, 2.24) is 5.32 Å². The van der Waals surface area contributed by atoms with E-state index in [2.05, 4.69) is 30.5 Å². The van der Waals surface area contributed by atoms with Gasteiger partial charge >= 0.3 is 0 Å². The normalized spacial score (nSPS) is 21.4. The van der Waals surface area contributed by atoms with Crippen molar-refractivity contribution in [3.63, 3.8) is 0 Å². The summed E-state index contributed by atoms with van der Waals surface area (Å²) in [5.74, 6) is 0.793. The van der Waals surface area contributed by atoms with Crippen molar-refractivity contribution in [2.24, 2.45) is 5.92 Å². The summed E-state index contributed by atoms with van der Waals surface area (Å²) in [7, 11) is 0. The minimum absolute atomic E-state index is 0.375. The van der Waals surface area contributed by atoms with Gasteiger partial charge in [-0.2, -0.15) is 0 Å². The second-order valence-electron chi connectivity index (χ2n) is 4.84. The van der Waals surface area contributed by atoms with Crippen LogP contribution in [0.5, 0.6) is 0 Å². The van der Waals surface area contributed by atoms with Crippen LogP contribution in [0.3, 0.4) is 0 Å². The fourth-order valence-electron chi connectivity index (χ4n) is 2.28. The Balaban J connectivity index is 1.84. The summed E-state index contributed by atoms with van der Waals surface area (Å²) in [6, 6.07) is 8.48. The number of hydrogen-bond acceptors (Lipinski definition) is 1. The van der Waals surface area contributed by atoms with Gasteiger partial charge in [0, 0.05) is 11.1 Å². The molecule has 1 aromatic carbocycles. The molecule has 0 aromatic heterocycles. The minimum atomic E-state index is 0.375. The lowest BCUT2D eigenvalue weighted by molar-refractivity contribution is 0.415. The van der Waals surface area contributed by atoms with E-state index in [4.69, 9.17) is 11.6 Å². The van der Waals surface area contributed by atoms with E-state index >= 15 is 0 Å². The lowest BCUT2D eigenvalue weighted by Crippen LogP contribution is -2.26. The molecule has 1 N–H and O–H groups in total. The Morgan fingerprint density at radius 1 is 1.41 bits per heavy atom. The minimum Gasteiger partial charge on any atom is -0.310 e. The maximum Gasteiger partial charge on any atom is 0.0409 e. The maximum atomic E-state index is 6.00. The van der Waals surface area contributed by atoms with Gasteiger partial charge in [-0.05, 0) is 56.3 Å². The molecule has 1 unspecified atom stereocenters. The van der Waals surface area contributed by atoms with Gasteiger partial charge in [-0.15, -0.1) is 0 Å².